The van der Waals surface area contributed by atoms with E-state index in [2.05, 4.69) is 16.0 Å². The zero-order chi connectivity index (χ0) is 5.86. The summed E-state index contributed by atoms with van der Waals surface area (Å²) in [6.07, 6.45) is 0.690. The fraction of sp³-hybridized carbons (Fsp3) is 0.750. The molecule has 7 heavy (non-hydrogen) atoms. The van der Waals surface area contributed by atoms with Gasteiger partial charge in [0.05, 0.1) is 0 Å². The van der Waals surface area contributed by atoms with E-state index in [1.807, 2.05) is 6.92 Å². The number of hydrogen-bond acceptors (Lipinski definition) is 1. The molecule has 0 radical (unpaired) electrons. The normalized spacial score (nSPS) is 13.4. The van der Waals surface area contributed by atoms with Gasteiger partial charge in [0.1, 0.15) is 0 Å². The predicted octanol–water partition coefficient (Wildman–Crippen LogP) is 0.170. The van der Waals surface area contributed by atoms with Crippen molar-refractivity contribution in [1.29, 1.82) is 0 Å². The van der Waals surface area contributed by atoms with Gasteiger partial charge in [-0.25, -0.2) is 0 Å². The molecule has 42 valence electrons. The van der Waals surface area contributed by atoms with Gasteiger partial charge >= 0.3 is 50.0 Å². The predicted molar refractivity (Wildman–Crippen MR) is 28.8 cm³/mol. The van der Waals surface area contributed by atoms with Crippen LogP contribution in [0.1, 0.15) is 13.3 Å². The third kappa shape index (κ3) is 2.66. The van der Waals surface area contributed by atoms with Gasteiger partial charge in [-0.15, -0.1) is 0 Å². The fourth-order valence-electron chi connectivity index (χ4n) is 0.175. The van der Waals surface area contributed by atoms with Crippen molar-refractivity contribution >= 4 is 22.0 Å². The molecule has 1 atom stereocenters. The van der Waals surface area contributed by atoms with E-state index in [0.717, 1.165) is 0 Å². The monoisotopic (exact) mass is 168 g/mol. The van der Waals surface area contributed by atoms with Crippen molar-refractivity contribution in [1.82, 2.24) is 0 Å². The Kier molecular flexibility index (Phi) is 3.05. The third-order valence-corrected chi connectivity index (χ3v) is 1.90. The van der Waals surface area contributed by atoms with E-state index < -0.39 is 5.97 Å². The van der Waals surface area contributed by atoms with Gasteiger partial charge in [0.2, 0.25) is 0 Å². The Balaban J connectivity index is 3.34. The summed E-state index contributed by atoms with van der Waals surface area (Å²) in [6.45, 7) is 1.84. The summed E-state index contributed by atoms with van der Waals surface area (Å²) in [5.41, 5.74) is 0. The molecule has 0 saturated heterocycles. The number of carboxylic acid groups (broad SMARTS) is 1. The second kappa shape index (κ2) is 3.05. The Morgan fingerprint density at radius 1 is 2.00 bits per heavy atom. The number of aliphatic carboxylic acids is 1. The Labute approximate surface area is 50.7 Å². The average molecular weight is 167 g/mol. The zero-order valence-electron chi connectivity index (χ0n) is 4.09. The zero-order valence-corrected chi connectivity index (χ0v) is 5.96. The summed E-state index contributed by atoms with van der Waals surface area (Å²) >= 11 is 2.11. The Morgan fingerprint density at radius 2 is 2.43 bits per heavy atom. The van der Waals surface area contributed by atoms with Crippen LogP contribution in [-0.4, -0.2) is 27.1 Å². The van der Waals surface area contributed by atoms with Crippen LogP contribution in [0.4, 0.5) is 0 Å². The van der Waals surface area contributed by atoms with Gasteiger partial charge in [0, 0.05) is 0 Å². The van der Waals surface area contributed by atoms with Crippen molar-refractivity contribution in [2.45, 2.75) is 18.2 Å². The van der Waals surface area contributed by atoms with Gasteiger partial charge in [0.25, 0.3) is 0 Å². The van der Waals surface area contributed by atoms with E-state index in [9.17, 15) is 4.79 Å². The summed E-state index contributed by atoms with van der Waals surface area (Å²) in [7, 11) is 0. The first kappa shape index (κ1) is 6.99. The van der Waals surface area contributed by atoms with Gasteiger partial charge < -0.3 is 0 Å². The molecule has 0 aromatic heterocycles. The molecule has 2 nitrogen and oxygen atoms in total. The van der Waals surface area contributed by atoms with E-state index in [1.54, 1.807) is 0 Å². The van der Waals surface area contributed by atoms with Crippen LogP contribution in [-0.2, 0) is 4.79 Å². The molecule has 3 heteroatoms. The number of carbonyl (C=O) groups is 1. The minimum atomic E-state index is -0.734. The van der Waals surface area contributed by atoms with E-state index in [0.29, 0.717) is 6.42 Å². The van der Waals surface area contributed by atoms with Crippen LogP contribution in [0.2, 0.25) is 4.82 Å². The molecule has 1 N–H and O–H groups in total. The average Bonchev–Trinajstić information content (AvgIpc) is 1.65. The van der Waals surface area contributed by atoms with Gasteiger partial charge in [-0.2, -0.15) is 0 Å². The first-order chi connectivity index (χ1) is 3.18. The van der Waals surface area contributed by atoms with E-state index in [-0.39, 0.29) is 4.82 Å². The van der Waals surface area contributed by atoms with Gasteiger partial charge in [-0.1, -0.05) is 0 Å². The molecule has 0 amide bonds. The molecule has 0 bridgehead atoms. The van der Waals surface area contributed by atoms with Crippen LogP contribution in [0.5, 0.6) is 0 Å². The molecule has 0 rings (SSSR count). The first-order valence-electron chi connectivity index (χ1n) is 2.09. The topological polar surface area (TPSA) is 37.3 Å². The minimum absolute atomic E-state index is 0.243. The Morgan fingerprint density at radius 3 is 2.43 bits per heavy atom. The van der Waals surface area contributed by atoms with Crippen molar-refractivity contribution in [2.24, 2.45) is 0 Å². The van der Waals surface area contributed by atoms with Crippen molar-refractivity contribution < 1.29 is 9.90 Å². The van der Waals surface area contributed by atoms with E-state index >= 15 is 0 Å². The van der Waals surface area contributed by atoms with E-state index in [4.69, 9.17) is 5.11 Å². The van der Waals surface area contributed by atoms with E-state index in [1.165, 1.54) is 0 Å². The van der Waals surface area contributed by atoms with Gasteiger partial charge in [0.15, 0.2) is 0 Å². The molecule has 0 saturated carbocycles. The summed E-state index contributed by atoms with van der Waals surface area (Å²) in [6, 6.07) is 0. The quantitative estimate of drug-likeness (QED) is 0.595. The molecule has 0 aliphatic heterocycles. The SMILES string of the molecule is CCC([SeH])C(=O)O. The van der Waals surface area contributed by atoms with Crippen LogP contribution in [0.15, 0.2) is 0 Å². The molecule has 0 aliphatic rings. The molecular weight excluding hydrogens is 159 g/mol. The fourth-order valence-corrected chi connectivity index (χ4v) is 0.175. The number of rotatable bonds is 2. The second-order valence-corrected chi connectivity index (χ2v) is 2.57. The Bertz CT molecular complexity index is 72.1. The Hall–Kier alpha value is -0.0105. The maximum atomic E-state index is 9.91. The standard InChI is InChI=1S/C4H8O2Se/c1-2-3(7)4(5)6/h3,7H,2H2,1H3,(H,5,6). The molecule has 0 spiro atoms. The van der Waals surface area contributed by atoms with Gasteiger partial charge in [-0.05, 0) is 0 Å². The van der Waals surface area contributed by atoms with Crippen molar-refractivity contribution in [3.63, 3.8) is 0 Å². The maximum absolute atomic E-state index is 9.91. The summed E-state index contributed by atoms with van der Waals surface area (Å²) in [5.74, 6) is -0.734. The summed E-state index contributed by atoms with van der Waals surface area (Å²) in [5, 5.41) is 8.17. The second-order valence-electron chi connectivity index (χ2n) is 1.26. The van der Waals surface area contributed by atoms with Crippen molar-refractivity contribution in [2.75, 3.05) is 0 Å². The van der Waals surface area contributed by atoms with Crippen LogP contribution >= 0.6 is 0 Å². The molecule has 0 aromatic rings. The van der Waals surface area contributed by atoms with Crippen LogP contribution in [0.25, 0.3) is 0 Å². The van der Waals surface area contributed by atoms with Gasteiger partial charge in [-0.3, -0.25) is 0 Å². The molecule has 0 aliphatic carbocycles. The van der Waals surface area contributed by atoms with Crippen molar-refractivity contribution in [3.8, 4) is 0 Å². The van der Waals surface area contributed by atoms with Crippen molar-refractivity contribution in [3.05, 3.63) is 0 Å². The third-order valence-electron chi connectivity index (χ3n) is 0.672. The summed E-state index contributed by atoms with van der Waals surface area (Å²) in [4.78, 5) is 9.67. The van der Waals surface area contributed by atoms with Crippen LogP contribution < -0.4 is 0 Å². The molecular formula is C4H8O2Se. The van der Waals surface area contributed by atoms with Crippen LogP contribution in [0, 0.1) is 0 Å². The number of hydrogen-bond donors (Lipinski definition) is 1. The molecule has 0 fully saturated rings. The number of carboxylic acids is 1. The first-order valence-corrected chi connectivity index (χ1v) is 3.17. The molecule has 1 unspecified atom stereocenters. The molecule has 0 aromatic carbocycles. The van der Waals surface area contributed by atoms with Crippen LogP contribution in [0.3, 0.4) is 0 Å². The summed E-state index contributed by atoms with van der Waals surface area (Å²) < 4.78 is 0. The molecule has 0 heterocycles.